The zero-order chi connectivity index (χ0) is 9.94. The highest BCUT2D eigenvalue weighted by Gasteiger charge is 1.94. The molecule has 13 heavy (non-hydrogen) atoms. The first-order chi connectivity index (χ1) is 6.27. The van der Waals surface area contributed by atoms with Crippen LogP contribution in [0.3, 0.4) is 0 Å². The lowest BCUT2D eigenvalue weighted by Crippen LogP contribution is -2.03. The lowest BCUT2D eigenvalue weighted by atomic mass is 10.1. The maximum absolute atomic E-state index is 10.1. The van der Waals surface area contributed by atoms with E-state index in [0.717, 1.165) is 12.8 Å². The molecule has 0 heterocycles. The van der Waals surface area contributed by atoms with Gasteiger partial charge in [-0.1, -0.05) is 45.4 Å². The van der Waals surface area contributed by atoms with Gasteiger partial charge in [0.15, 0.2) is 0 Å². The lowest BCUT2D eigenvalue weighted by Gasteiger charge is -2.01. The number of carbonyl (C=O) groups excluding carboxylic acids is 1. The van der Waals surface area contributed by atoms with Crippen molar-refractivity contribution in [3.8, 4) is 0 Å². The number of amides is 1. The molecule has 3 nitrogen and oxygen atoms in total. The lowest BCUT2D eigenvalue weighted by molar-refractivity contribution is 0.152. The van der Waals surface area contributed by atoms with Crippen LogP contribution < -0.4 is 5.73 Å². The zero-order valence-corrected chi connectivity index (χ0v) is 8.47. The Bertz CT molecular complexity index is 126. The number of hydrogen-bond donors (Lipinski definition) is 0. The Kier molecular flexibility index (Phi) is 8.83. The smallest absolute Gasteiger partial charge is 0.426 e. The Morgan fingerprint density at radius 1 is 1.08 bits per heavy atom. The summed E-state index contributed by atoms with van der Waals surface area (Å²) in [6, 6.07) is 0. The molecule has 0 saturated heterocycles. The van der Waals surface area contributed by atoms with E-state index in [2.05, 4.69) is 11.7 Å². The minimum absolute atomic E-state index is 0.413. The molecule has 77 valence electrons. The van der Waals surface area contributed by atoms with Crippen LogP contribution in [-0.2, 0) is 4.74 Å². The van der Waals surface area contributed by atoms with Crippen molar-refractivity contribution in [1.82, 2.24) is 5.73 Å². The van der Waals surface area contributed by atoms with Crippen LogP contribution in [-0.4, -0.2) is 12.7 Å². The van der Waals surface area contributed by atoms with Crippen molar-refractivity contribution < 1.29 is 9.53 Å². The second-order valence-electron chi connectivity index (χ2n) is 3.26. The molecule has 0 bridgehead atoms. The summed E-state index contributed by atoms with van der Waals surface area (Å²) in [5.74, 6) is 0. The van der Waals surface area contributed by atoms with Crippen LogP contribution in [0.15, 0.2) is 0 Å². The molecule has 1 N–H and O–H groups in total. The predicted molar refractivity (Wildman–Crippen MR) is 52.4 cm³/mol. The maximum Gasteiger partial charge on any atom is 0.426 e. The maximum atomic E-state index is 10.1. The number of unbranched alkanes of at least 4 members (excludes halogenated alkanes) is 6. The second-order valence-corrected chi connectivity index (χ2v) is 3.26. The summed E-state index contributed by atoms with van der Waals surface area (Å²) >= 11 is 0. The van der Waals surface area contributed by atoms with Crippen molar-refractivity contribution >= 4 is 6.09 Å². The molecule has 0 aromatic heterocycles. The fraction of sp³-hybridized carbons (Fsp3) is 0.900. The number of ether oxygens (including phenoxy) is 1. The quantitative estimate of drug-likeness (QED) is 0.547. The van der Waals surface area contributed by atoms with Crippen molar-refractivity contribution in [3.05, 3.63) is 0 Å². The summed E-state index contributed by atoms with van der Waals surface area (Å²) in [6.45, 7) is 2.61. The summed E-state index contributed by atoms with van der Waals surface area (Å²) in [7, 11) is 0. The third-order valence-electron chi connectivity index (χ3n) is 1.98. The van der Waals surface area contributed by atoms with Gasteiger partial charge < -0.3 is 4.74 Å². The molecule has 0 spiro atoms. The number of hydrogen-bond acceptors (Lipinski definition) is 2. The third-order valence-corrected chi connectivity index (χ3v) is 1.98. The molecule has 0 saturated carbocycles. The molecular weight excluding hydrogens is 166 g/mol. The van der Waals surface area contributed by atoms with E-state index in [9.17, 15) is 4.79 Å². The van der Waals surface area contributed by atoms with Crippen LogP contribution in [0.25, 0.3) is 0 Å². The monoisotopic (exact) mass is 186 g/mol. The van der Waals surface area contributed by atoms with Crippen LogP contribution in [0.5, 0.6) is 0 Å². The molecule has 0 rings (SSSR count). The van der Waals surface area contributed by atoms with Gasteiger partial charge in [-0.25, -0.2) is 10.5 Å². The van der Waals surface area contributed by atoms with Crippen LogP contribution in [0.2, 0.25) is 0 Å². The summed E-state index contributed by atoms with van der Waals surface area (Å²) in [4.78, 5) is 10.1. The van der Waals surface area contributed by atoms with Gasteiger partial charge in [-0.15, -0.1) is 0 Å². The van der Waals surface area contributed by atoms with Gasteiger partial charge in [0.2, 0.25) is 0 Å². The van der Waals surface area contributed by atoms with Gasteiger partial charge in [-0.2, -0.15) is 0 Å². The predicted octanol–water partition coefficient (Wildman–Crippen LogP) is 3.16. The Labute approximate surface area is 80.6 Å². The fourth-order valence-electron chi connectivity index (χ4n) is 1.22. The average Bonchev–Trinajstić information content (AvgIpc) is 2.09. The molecule has 0 aliphatic rings. The molecule has 1 radical (unpaired) electrons. The van der Waals surface area contributed by atoms with Crippen molar-refractivity contribution in [3.63, 3.8) is 0 Å². The summed E-state index contributed by atoms with van der Waals surface area (Å²) in [6.07, 6.45) is 7.50. The topological polar surface area (TPSA) is 50.1 Å². The molecule has 1 amide bonds. The van der Waals surface area contributed by atoms with Crippen LogP contribution in [0.1, 0.15) is 51.9 Å². The van der Waals surface area contributed by atoms with E-state index in [1.165, 1.54) is 32.1 Å². The fourth-order valence-corrected chi connectivity index (χ4v) is 1.22. The number of nitrogens with one attached hydrogen (secondary N) is 1. The van der Waals surface area contributed by atoms with E-state index in [1.54, 1.807) is 0 Å². The summed E-state index contributed by atoms with van der Waals surface area (Å²) in [5, 5.41) is 0. The highest BCUT2D eigenvalue weighted by molar-refractivity contribution is 5.63. The highest BCUT2D eigenvalue weighted by Crippen LogP contribution is 2.06. The van der Waals surface area contributed by atoms with Gasteiger partial charge in [-0.3, -0.25) is 0 Å². The summed E-state index contributed by atoms with van der Waals surface area (Å²) < 4.78 is 4.50. The second kappa shape index (κ2) is 9.36. The van der Waals surface area contributed by atoms with Crippen LogP contribution in [0.4, 0.5) is 4.79 Å². The van der Waals surface area contributed by atoms with Crippen LogP contribution >= 0.6 is 0 Å². The summed E-state index contributed by atoms with van der Waals surface area (Å²) in [5.41, 5.74) is 6.49. The first kappa shape index (κ1) is 12.3. The van der Waals surface area contributed by atoms with Crippen molar-refractivity contribution in [2.24, 2.45) is 0 Å². The molecule has 0 aromatic carbocycles. The first-order valence-corrected chi connectivity index (χ1v) is 5.15. The zero-order valence-electron chi connectivity index (χ0n) is 8.47. The van der Waals surface area contributed by atoms with Crippen molar-refractivity contribution in [2.45, 2.75) is 51.9 Å². The van der Waals surface area contributed by atoms with Gasteiger partial charge >= 0.3 is 6.09 Å². The SMILES string of the molecule is CCCCCCCCCOC([NH])=O. The van der Waals surface area contributed by atoms with E-state index in [4.69, 9.17) is 5.73 Å². The minimum atomic E-state index is -0.911. The molecular formula is C10H20NO2. The molecule has 0 atom stereocenters. The molecule has 3 heteroatoms. The standard InChI is InChI=1S/C10H20NO2/c1-2-3-4-5-6-7-8-9-13-10(11)12/h11H,2-9H2,1H3. The van der Waals surface area contributed by atoms with Crippen molar-refractivity contribution in [2.75, 3.05) is 6.61 Å². The minimum Gasteiger partial charge on any atom is -0.448 e. The molecule has 0 unspecified atom stereocenters. The third kappa shape index (κ3) is 11.3. The number of carbonyl (C=O) groups is 1. The van der Waals surface area contributed by atoms with E-state index in [-0.39, 0.29) is 0 Å². The molecule has 0 aliphatic carbocycles. The molecule has 0 fully saturated rings. The van der Waals surface area contributed by atoms with Crippen LogP contribution in [0, 0.1) is 0 Å². The van der Waals surface area contributed by atoms with Gasteiger partial charge in [0.25, 0.3) is 0 Å². The van der Waals surface area contributed by atoms with Gasteiger partial charge in [-0.05, 0) is 6.42 Å². The number of rotatable bonds is 8. The Balaban J connectivity index is 2.87. The average molecular weight is 186 g/mol. The highest BCUT2D eigenvalue weighted by atomic mass is 16.5. The van der Waals surface area contributed by atoms with E-state index >= 15 is 0 Å². The largest absolute Gasteiger partial charge is 0.448 e. The molecule has 0 aromatic rings. The van der Waals surface area contributed by atoms with E-state index in [0.29, 0.717) is 6.61 Å². The first-order valence-electron chi connectivity index (χ1n) is 5.15. The van der Waals surface area contributed by atoms with Gasteiger partial charge in [0, 0.05) is 0 Å². The normalized spacial score (nSPS) is 9.92. The Hall–Kier alpha value is -0.730. The van der Waals surface area contributed by atoms with E-state index in [1.807, 2.05) is 0 Å². The van der Waals surface area contributed by atoms with Crippen molar-refractivity contribution in [1.29, 1.82) is 0 Å². The van der Waals surface area contributed by atoms with E-state index < -0.39 is 6.09 Å². The molecule has 0 aliphatic heterocycles. The Morgan fingerprint density at radius 2 is 1.62 bits per heavy atom. The van der Waals surface area contributed by atoms with Gasteiger partial charge in [0.05, 0.1) is 6.61 Å². The Morgan fingerprint density at radius 3 is 2.15 bits per heavy atom. The van der Waals surface area contributed by atoms with Gasteiger partial charge in [0.1, 0.15) is 0 Å².